The Balaban J connectivity index is 1.83. The minimum atomic E-state index is 0.681. The molecule has 20 heavy (non-hydrogen) atoms. The van der Waals surface area contributed by atoms with Crippen LogP contribution in [0, 0.1) is 6.92 Å². The highest BCUT2D eigenvalue weighted by atomic mass is 16.5. The number of fused-ring (bicyclic) bond motifs is 2. The largest absolute Gasteiger partial charge is 0.353 e. The number of hydrogen-bond acceptors (Lipinski definition) is 4. The van der Waals surface area contributed by atoms with E-state index < -0.39 is 0 Å². The van der Waals surface area contributed by atoms with E-state index in [9.17, 15) is 0 Å². The molecule has 0 radical (unpaired) electrons. The van der Waals surface area contributed by atoms with E-state index in [4.69, 9.17) is 4.52 Å². The van der Waals surface area contributed by atoms with Crippen molar-refractivity contribution < 1.29 is 4.52 Å². The van der Waals surface area contributed by atoms with Crippen molar-refractivity contribution in [2.24, 2.45) is 0 Å². The van der Waals surface area contributed by atoms with Crippen LogP contribution in [0.5, 0.6) is 0 Å². The second-order valence-corrected chi connectivity index (χ2v) is 5.13. The van der Waals surface area contributed by atoms with E-state index in [1.807, 2.05) is 13.0 Å². The molecule has 1 aliphatic rings. The highest BCUT2D eigenvalue weighted by molar-refractivity contribution is 5.48. The van der Waals surface area contributed by atoms with Crippen molar-refractivity contribution in [3.05, 3.63) is 53.0 Å². The zero-order valence-corrected chi connectivity index (χ0v) is 11.2. The normalized spacial score (nSPS) is 13.7. The van der Waals surface area contributed by atoms with Crippen LogP contribution >= 0.6 is 0 Å². The molecule has 3 aromatic rings. The van der Waals surface area contributed by atoms with Crippen molar-refractivity contribution in [1.82, 2.24) is 19.9 Å². The van der Waals surface area contributed by atoms with Crippen molar-refractivity contribution >= 4 is 0 Å². The Morgan fingerprint density at radius 2 is 1.95 bits per heavy atom. The number of rotatable bonds is 1. The molecule has 0 atom stereocenters. The Bertz CT molecular complexity index is 772. The molecule has 0 saturated heterocycles. The summed E-state index contributed by atoms with van der Waals surface area (Å²) in [7, 11) is 0. The van der Waals surface area contributed by atoms with Crippen molar-refractivity contribution in [3.63, 3.8) is 0 Å². The maximum atomic E-state index is 5.33. The molecule has 0 amide bonds. The fourth-order valence-electron chi connectivity index (χ4n) is 2.71. The molecule has 0 saturated carbocycles. The Morgan fingerprint density at radius 3 is 2.75 bits per heavy atom. The van der Waals surface area contributed by atoms with Crippen molar-refractivity contribution in [2.45, 2.75) is 26.3 Å². The summed E-state index contributed by atoms with van der Waals surface area (Å²) in [6, 6.07) is 10.4. The first-order valence-corrected chi connectivity index (χ1v) is 6.74. The van der Waals surface area contributed by atoms with Crippen LogP contribution in [0.25, 0.3) is 11.6 Å². The molecule has 0 aliphatic carbocycles. The van der Waals surface area contributed by atoms with Gasteiger partial charge < -0.3 is 9.09 Å². The van der Waals surface area contributed by atoms with Gasteiger partial charge >= 0.3 is 0 Å². The van der Waals surface area contributed by atoms with Crippen LogP contribution in [0.1, 0.15) is 22.6 Å². The lowest BCUT2D eigenvalue weighted by molar-refractivity contribution is 0.422. The SMILES string of the molecule is Cc1cc(-c2nnc3n2Cc2ccccc2CC3)on1. The Hall–Kier alpha value is -2.43. The molecule has 0 N–H and O–H groups in total. The minimum absolute atomic E-state index is 0.681. The predicted molar refractivity (Wildman–Crippen MR) is 73.2 cm³/mol. The van der Waals surface area contributed by atoms with E-state index in [1.54, 1.807) is 0 Å². The maximum absolute atomic E-state index is 5.33. The average molecular weight is 266 g/mol. The third kappa shape index (κ3) is 1.74. The molecule has 4 rings (SSSR count). The van der Waals surface area contributed by atoms with Gasteiger partial charge in [0.2, 0.25) is 11.6 Å². The first kappa shape index (κ1) is 11.4. The average Bonchev–Trinajstić information content (AvgIpc) is 3.00. The van der Waals surface area contributed by atoms with Gasteiger partial charge in [0.05, 0.1) is 12.2 Å². The summed E-state index contributed by atoms with van der Waals surface area (Å²) in [6.45, 7) is 2.69. The monoisotopic (exact) mass is 266 g/mol. The number of aryl methyl sites for hydroxylation is 3. The van der Waals surface area contributed by atoms with E-state index >= 15 is 0 Å². The van der Waals surface area contributed by atoms with Crippen LogP contribution in [0.3, 0.4) is 0 Å². The molecule has 1 aromatic carbocycles. The summed E-state index contributed by atoms with van der Waals surface area (Å²) in [6.07, 6.45) is 1.90. The van der Waals surface area contributed by atoms with E-state index in [2.05, 4.69) is 44.2 Å². The van der Waals surface area contributed by atoms with Gasteiger partial charge in [-0.2, -0.15) is 0 Å². The second-order valence-electron chi connectivity index (χ2n) is 5.13. The number of nitrogens with zero attached hydrogens (tertiary/aromatic N) is 4. The lowest BCUT2D eigenvalue weighted by atomic mass is 10.0. The van der Waals surface area contributed by atoms with E-state index in [0.29, 0.717) is 5.76 Å². The van der Waals surface area contributed by atoms with Gasteiger partial charge in [-0.1, -0.05) is 29.4 Å². The summed E-state index contributed by atoms with van der Waals surface area (Å²) in [4.78, 5) is 0. The van der Waals surface area contributed by atoms with Gasteiger partial charge in [-0.05, 0) is 24.5 Å². The molecule has 0 fully saturated rings. The smallest absolute Gasteiger partial charge is 0.204 e. The van der Waals surface area contributed by atoms with Crippen molar-refractivity contribution in [2.75, 3.05) is 0 Å². The summed E-state index contributed by atoms with van der Waals surface area (Å²) < 4.78 is 7.46. The summed E-state index contributed by atoms with van der Waals surface area (Å²) in [5.74, 6) is 2.45. The molecule has 100 valence electrons. The lowest BCUT2D eigenvalue weighted by Crippen LogP contribution is -2.04. The molecule has 1 aliphatic heterocycles. The van der Waals surface area contributed by atoms with Gasteiger partial charge in [-0.15, -0.1) is 10.2 Å². The van der Waals surface area contributed by atoms with E-state index in [1.165, 1.54) is 11.1 Å². The third-order valence-corrected chi connectivity index (χ3v) is 3.74. The Labute approximate surface area is 116 Å². The Morgan fingerprint density at radius 1 is 1.10 bits per heavy atom. The highest BCUT2D eigenvalue weighted by Crippen LogP contribution is 2.25. The van der Waals surface area contributed by atoms with Gasteiger partial charge in [0.15, 0.2) is 0 Å². The molecule has 0 bridgehead atoms. The molecule has 0 unspecified atom stereocenters. The zero-order valence-electron chi connectivity index (χ0n) is 11.2. The summed E-state index contributed by atoms with van der Waals surface area (Å²) in [5.41, 5.74) is 3.56. The molecule has 3 heterocycles. The molecular weight excluding hydrogens is 252 g/mol. The Kier molecular flexibility index (Phi) is 2.45. The number of benzene rings is 1. The molecule has 0 spiro atoms. The van der Waals surface area contributed by atoms with Crippen LogP contribution in [0.15, 0.2) is 34.9 Å². The standard InChI is InChI=1S/C15H14N4O/c1-10-8-13(20-18-10)15-17-16-14-7-6-11-4-2-3-5-12(11)9-19(14)15/h2-5,8H,6-7,9H2,1H3. The van der Waals surface area contributed by atoms with E-state index in [0.717, 1.165) is 36.7 Å². The van der Waals surface area contributed by atoms with Gasteiger partial charge in [-0.25, -0.2) is 0 Å². The molecule has 2 aromatic heterocycles. The zero-order chi connectivity index (χ0) is 13.5. The van der Waals surface area contributed by atoms with Gasteiger partial charge in [0, 0.05) is 12.5 Å². The lowest BCUT2D eigenvalue weighted by Gasteiger charge is -2.07. The fourth-order valence-corrected chi connectivity index (χ4v) is 2.71. The van der Waals surface area contributed by atoms with Crippen molar-refractivity contribution in [1.29, 1.82) is 0 Å². The van der Waals surface area contributed by atoms with Crippen LogP contribution in [0.4, 0.5) is 0 Å². The van der Waals surface area contributed by atoms with Crippen molar-refractivity contribution in [3.8, 4) is 11.6 Å². The first-order chi connectivity index (χ1) is 9.81. The van der Waals surface area contributed by atoms with Gasteiger partial charge in [-0.3, -0.25) is 0 Å². The molecule has 5 nitrogen and oxygen atoms in total. The van der Waals surface area contributed by atoms with Crippen LogP contribution in [-0.4, -0.2) is 19.9 Å². The summed E-state index contributed by atoms with van der Waals surface area (Å²) >= 11 is 0. The summed E-state index contributed by atoms with van der Waals surface area (Å²) in [5, 5.41) is 12.5. The third-order valence-electron chi connectivity index (χ3n) is 3.74. The number of hydrogen-bond donors (Lipinski definition) is 0. The fraction of sp³-hybridized carbons (Fsp3) is 0.267. The highest BCUT2D eigenvalue weighted by Gasteiger charge is 2.20. The minimum Gasteiger partial charge on any atom is -0.353 e. The molecule has 5 heteroatoms. The van der Waals surface area contributed by atoms with E-state index in [-0.39, 0.29) is 0 Å². The quantitative estimate of drug-likeness (QED) is 0.678. The first-order valence-electron chi connectivity index (χ1n) is 6.74. The number of aromatic nitrogens is 4. The van der Waals surface area contributed by atoms with Gasteiger partial charge in [0.1, 0.15) is 5.82 Å². The predicted octanol–water partition coefficient (Wildman–Crippen LogP) is 2.39. The topological polar surface area (TPSA) is 56.7 Å². The van der Waals surface area contributed by atoms with Crippen LogP contribution in [0.2, 0.25) is 0 Å². The van der Waals surface area contributed by atoms with Crippen LogP contribution < -0.4 is 0 Å². The maximum Gasteiger partial charge on any atom is 0.204 e. The second kappa shape index (κ2) is 4.30. The molecular formula is C15H14N4O. The van der Waals surface area contributed by atoms with Crippen LogP contribution in [-0.2, 0) is 19.4 Å². The van der Waals surface area contributed by atoms with Gasteiger partial charge in [0.25, 0.3) is 0 Å².